The van der Waals surface area contributed by atoms with Crippen LogP contribution >= 0.6 is 0 Å². The largest absolute Gasteiger partial charge is 0.345 e. The Bertz CT molecular complexity index is 746. The van der Waals surface area contributed by atoms with Gasteiger partial charge in [0.25, 0.3) is 0 Å². The summed E-state index contributed by atoms with van der Waals surface area (Å²) in [5.74, 6) is -0.196. The number of amides is 2. The van der Waals surface area contributed by atoms with Crippen molar-refractivity contribution in [1.82, 2.24) is 15.8 Å². The molecule has 6 nitrogen and oxygen atoms in total. The van der Waals surface area contributed by atoms with Crippen molar-refractivity contribution in [2.75, 3.05) is 6.54 Å². The molecule has 3 aliphatic carbocycles. The molecular formula is C23H36FN3O3. The number of likely N-dealkylation sites (tertiary alicyclic amines) is 1. The average Bonchev–Trinajstić information content (AvgIpc) is 2.89. The van der Waals surface area contributed by atoms with E-state index in [4.69, 9.17) is 0 Å². The van der Waals surface area contributed by atoms with E-state index in [-0.39, 0.29) is 33.8 Å². The van der Waals surface area contributed by atoms with Crippen molar-refractivity contribution in [3.8, 4) is 0 Å². The molecule has 168 valence electrons. The van der Waals surface area contributed by atoms with Crippen molar-refractivity contribution in [3.05, 3.63) is 0 Å². The van der Waals surface area contributed by atoms with E-state index in [1.807, 2.05) is 0 Å². The lowest BCUT2D eigenvalue weighted by molar-refractivity contribution is -0.141. The third-order valence-electron chi connectivity index (χ3n) is 9.53. The smallest absolute Gasteiger partial charge is 0.243 e. The van der Waals surface area contributed by atoms with E-state index in [9.17, 15) is 18.9 Å². The fourth-order valence-electron chi connectivity index (χ4n) is 7.02. The lowest BCUT2D eigenvalue weighted by Crippen LogP contribution is -2.53. The number of carbonyl (C=O) groups excluding carboxylic acids is 3. The summed E-state index contributed by atoms with van der Waals surface area (Å²) in [6.45, 7) is 8.00. The molecule has 0 aromatic heterocycles. The van der Waals surface area contributed by atoms with Crippen molar-refractivity contribution in [1.29, 1.82) is 0 Å². The highest BCUT2D eigenvalue weighted by Gasteiger charge is 2.85. The van der Waals surface area contributed by atoms with Gasteiger partial charge in [-0.3, -0.25) is 14.4 Å². The van der Waals surface area contributed by atoms with Gasteiger partial charge in [0.05, 0.1) is 6.04 Å². The third-order valence-corrected chi connectivity index (χ3v) is 9.53. The van der Waals surface area contributed by atoms with Crippen LogP contribution in [0.3, 0.4) is 0 Å². The predicted molar refractivity (Wildman–Crippen MR) is 111 cm³/mol. The van der Waals surface area contributed by atoms with Crippen LogP contribution in [0.5, 0.6) is 0 Å². The maximum absolute atomic E-state index is 13.3. The minimum atomic E-state index is -0.992. The molecule has 4 unspecified atom stereocenters. The van der Waals surface area contributed by atoms with Crippen LogP contribution in [-0.2, 0) is 14.4 Å². The zero-order valence-electron chi connectivity index (χ0n) is 18.7. The number of fused-ring (bicyclic) bond motifs is 1. The molecule has 4 atom stereocenters. The second-order valence-electron chi connectivity index (χ2n) is 10.9. The summed E-state index contributed by atoms with van der Waals surface area (Å²) < 4.78 is 13.1. The van der Waals surface area contributed by atoms with E-state index >= 15 is 0 Å². The number of ketones is 1. The van der Waals surface area contributed by atoms with E-state index in [1.165, 1.54) is 26.7 Å². The van der Waals surface area contributed by atoms with Crippen LogP contribution in [0.2, 0.25) is 0 Å². The normalized spacial score (nSPS) is 33.0. The number of rotatable bonds is 7. The van der Waals surface area contributed by atoms with Crippen LogP contribution in [0.25, 0.3) is 0 Å². The standard InChI is InChI=1S/C23H36FN3O3/c1-14(26-24)20(30)27-13-23(21(3,4)22(23)9-6-10-22)12-18(27)19(29)25-17(15(2)28)11-16-7-5-8-16/h14,16-18,26H,5-13H2,1-4H3,(H,25,29). The van der Waals surface area contributed by atoms with Gasteiger partial charge < -0.3 is 10.2 Å². The van der Waals surface area contributed by atoms with Gasteiger partial charge in [-0.15, -0.1) is 10.0 Å². The highest BCUT2D eigenvalue weighted by Crippen LogP contribution is 2.88. The topological polar surface area (TPSA) is 78.5 Å². The minimum Gasteiger partial charge on any atom is -0.345 e. The first-order valence-corrected chi connectivity index (χ1v) is 11.6. The zero-order chi connectivity index (χ0) is 21.9. The Labute approximate surface area is 178 Å². The first-order valence-electron chi connectivity index (χ1n) is 11.6. The number of Topliss-reactive ketones (excluding diaryl/α,β-unsaturated/α-hetero) is 1. The first-order chi connectivity index (χ1) is 14.1. The molecule has 3 saturated carbocycles. The van der Waals surface area contributed by atoms with Gasteiger partial charge in [0.2, 0.25) is 11.8 Å². The van der Waals surface area contributed by atoms with Crippen LogP contribution in [0.4, 0.5) is 4.48 Å². The Kier molecular flexibility index (Phi) is 5.27. The highest BCUT2D eigenvalue weighted by molar-refractivity contribution is 5.93. The van der Waals surface area contributed by atoms with Gasteiger partial charge in [0.15, 0.2) is 5.78 Å². The third kappa shape index (κ3) is 2.87. The average molecular weight is 422 g/mol. The fraction of sp³-hybridized carbons (Fsp3) is 0.870. The summed E-state index contributed by atoms with van der Waals surface area (Å²) in [4.78, 5) is 40.1. The second kappa shape index (κ2) is 7.28. The Balaban J connectivity index is 1.55. The van der Waals surface area contributed by atoms with Crippen molar-refractivity contribution >= 4 is 17.6 Å². The Hall–Kier alpha value is -1.50. The molecule has 7 heteroatoms. The van der Waals surface area contributed by atoms with Gasteiger partial charge in [0, 0.05) is 12.0 Å². The number of carbonyl (C=O) groups is 3. The van der Waals surface area contributed by atoms with E-state index in [2.05, 4.69) is 19.2 Å². The summed E-state index contributed by atoms with van der Waals surface area (Å²) in [7, 11) is 0. The number of hydrogen-bond donors (Lipinski definition) is 2. The fourth-order valence-corrected chi connectivity index (χ4v) is 7.02. The molecular weight excluding hydrogens is 385 g/mol. The molecule has 2 amide bonds. The highest BCUT2D eigenvalue weighted by atomic mass is 19.2. The Morgan fingerprint density at radius 1 is 1.13 bits per heavy atom. The van der Waals surface area contributed by atoms with Crippen LogP contribution in [-0.4, -0.2) is 47.2 Å². The molecule has 4 fully saturated rings. The molecule has 0 aromatic rings. The van der Waals surface area contributed by atoms with Crippen LogP contribution in [0.1, 0.15) is 79.1 Å². The van der Waals surface area contributed by atoms with Gasteiger partial charge in [0.1, 0.15) is 12.1 Å². The molecule has 1 saturated heterocycles. The van der Waals surface area contributed by atoms with E-state index in [1.54, 1.807) is 10.4 Å². The van der Waals surface area contributed by atoms with E-state index in [0.717, 1.165) is 25.7 Å². The van der Waals surface area contributed by atoms with Crippen molar-refractivity contribution < 1.29 is 18.9 Å². The maximum Gasteiger partial charge on any atom is 0.243 e. The van der Waals surface area contributed by atoms with Gasteiger partial charge in [-0.1, -0.05) is 39.5 Å². The molecule has 1 heterocycles. The Morgan fingerprint density at radius 2 is 1.80 bits per heavy atom. The zero-order valence-corrected chi connectivity index (χ0v) is 18.7. The minimum absolute atomic E-state index is 0.0400. The maximum atomic E-state index is 13.3. The van der Waals surface area contributed by atoms with Gasteiger partial charge >= 0.3 is 0 Å². The predicted octanol–water partition coefficient (Wildman–Crippen LogP) is 2.91. The van der Waals surface area contributed by atoms with Crippen LogP contribution in [0, 0.1) is 22.2 Å². The van der Waals surface area contributed by atoms with Crippen molar-refractivity contribution in [2.45, 2.75) is 97.2 Å². The van der Waals surface area contributed by atoms with Crippen LogP contribution in [0.15, 0.2) is 0 Å². The number of halogens is 1. The van der Waals surface area contributed by atoms with Crippen molar-refractivity contribution in [3.63, 3.8) is 0 Å². The van der Waals surface area contributed by atoms with Gasteiger partial charge in [-0.25, -0.2) is 0 Å². The van der Waals surface area contributed by atoms with Gasteiger partial charge in [-0.2, -0.15) is 0 Å². The number of nitrogens with zero attached hydrogens (tertiary/aromatic N) is 1. The Morgan fingerprint density at radius 3 is 2.23 bits per heavy atom. The monoisotopic (exact) mass is 421 g/mol. The SMILES string of the molecule is CC(=O)C(CC1CCC1)NC(=O)C1CC2(CN1C(=O)C(C)NF)C(C)(C)C21CCC1. The summed E-state index contributed by atoms with van der Waals surface area (Å²) >= 11 is 0. The molecule has 0 radical (unpaired) electrons. The van der Waals surface area contributed by atoms with E-state index in [0.29, 0.717) is 25.3 Å². The second-order valence-corrected chi connectivity index (χ2v) is 10.9. The lowest BCUT2D eigenvalue weighted by atomic mass is 9.73. The summed E-state index contributed by atoms with van der Waals surface area (Å²) in [6, 6.07) is -2.14. The van der Waals surface area contributed by atoms with Crippen molar-refractivity contribution in [2.24, 2.45) is 22.2 Å². The summed E-state index contributed by atoms with van der Waals surface area (Å²) in [5, 5.41) is 2.96. The molecule has 4 rings (SSSR count). The summed E-state index contributed by atoms with van der Waals surface area (Å²) in [5.41, 5.74) is 1.70. The molecule has 2 spiro atoms. The molecule has 0 aromatic carbocycles. The molecule has 1 aliphatic heterocycles. The molecule has 0 bridgehead atoms. The first kappa shape index (κ1) is 21.7. The number of hydrogen-bond acceptors (Lipinski definition) is 4. The van der Waals surface area contributed by atoms with Crippen LogP contribution < -0.4 is 10.9 Å². The summed E-state index contributed by atoms with van der Waals surface area (Å²) in [6.07, 6.45) is 8.11. The number of nitrogens with one attached hydrogen (secondary N) is 2. The lowest BCUT2D eigenvalue weighted by Gasteiger charge is -2.32. The quantitative estimate of drug-likeness (QED) is 0.620. The van der Waals surface area contributed by atoms with Gasteiger partial charge in [-0.05, 0) is 56.3 Å². The molecule has 30 heavy (non-hydrogen) atoms. The van der Waals surface area contributed by atoms with E-state index < -0.39 is 18.1 Å². The molecule has 2 N–H and O–H groups in total. The molecule has 4 aliphatic rings.